The normalized spacial score (nSPS) is 17.7. The van der Waals surface area contributed by atoms with Crippen molar-refractivity contribution in [1.82, 2.24) is 14.9 Å². The third kappa shape index (κ3) is 4.17. The number of oxazole rings is 1. The number of phenols is 1. The van der Waals surface area contributed by atoms with Gasteiger partial charge in [-0.25, -0.2) is 4.98 Å². The molecule has 0 unspecified atom stereocenters. The van der Waals surface area contributed by atoms with Gasteiger partial charge in [-0.05, 0) is 50.2 Å². The number of hydrogen-bond acceptors (Lipinski definition) is 7. The number of aromatic hydroxyl groups is 1. The van der Waals surface area contributed by atoms with Crippen LogP contribution in [0.15, 0.2) is 28.7 Å². The van der Waals surface area contributed by atoms with E-state index in [4.69, 9.17) is 20.8 Å². The molecule has 1 atom stereocenters. The van der Waals surface area contributed by atoms with E-state index in [1.165, 1.54) is 0 Å². The molecule has 0 saturated carbocycles. The molecule has 0 spiro atoms. The molecule has 3 aromatic rings. The van der Waals surface area contributed by atoms with Crippen LogP contribution in [-0.2, 0) is 11.3 Å². The van der Waals surface area contributed by atoms with Crippen LogP contribution in [0.1, 0.15) is 25.3 Å². The molecular weight excluding hydrogens is 392 g/mol. The first kappa shape index (κ1) is 19.9. The smallest absolute Gasteiger partial charge is 0.297 e. The maximum atomic E-state index is 10.4. The van der Waals surface area contributed by atoms with Crippen molar-refractivity contribution in [2.75, 3.05) is 32.1 Å². The lowest BCUT2D eigenvalue weighted by molar-refractivity contribution is 0.185. The van der Waals surface area contributed by atoms with Crippen molar-refractivity contribution < 1.29 is 14.3 Å². The number of anilines is 1. The molecule has 1 saturated heterocycles. The minimum absolute atomic E-state index is 0.0945. The summed E-state index contributed by atoms with van der Waals surface area (Å²) in [6.07, 6.45) is 2.25. The van der Waals surface area contributed by atoms with Crippen LogP contribution in [0.4, 0.5) is 6.01 Å². The standard InChI is InChI=1S/C21H25ClN4O3/c1-3-26-10-4-5-13(11-26)23-21-25-20-18(29-21)9-7-16(24-20)19-14(12-28-2)15(22)6-8-17(19)27/h6-9,13,27H,3-5,10-12H2,1-2H3,(H,23,24,25)/t13-/m1/s1. The summed E-state index contributed by atoms with van der Waals surface area (Å²) >= 11 is 6.32. The van der Waals surface area contributed by atoms with Crippen LogP contribution < -0.4 is 5.32 Å². The number of nitrogens with one attached hydrogen (secondary N) is 1. The van der Waals surface area contributed by atoms with Crippen molar-refractivity contribution >= 4 is 28.8 Å². The Labute approximate surface area is 174 Å². The van der Waals surface area contributed by atoms with Gasteiger partial charge in [-0.1, -0.05) is 18.5 Å². The number of methoxy groups -OCH3 is 1. The molecule has 0 radical (unpaired) electrons. The molecule has 8 heteroatoms. The van der Waals surface area contributed by atoms with E-state index in [0.29, 0.717) is 45.1 Å². The van der Waals surface area contributed by atoms with E-state index in [1.807, 2.05) is 6.07 Å². The van der Waals surface area contributed by atoms with E-state index in [2.05, 4.69) is 27.1 Å². The van der Waals surface area contributed by atoms with Crippen LogP contribution in [0.25, 0.3) is 22.5 Å². The molecule has 1 aliphatic rings. The molecule has 29 heavy (non-hydrogen) atoms. The summed E-state index contributed by atoms with van der Waals surface area (Å²) in [7, 11) is 1.58. The summed E-state index contributed by atoms with van der Waals surface area (Å²) in [5.41, 5.74) is 2.87. The van der Waals surface area contributed by atoms with Crippen molar-refractivity contribution in [3.8, 4) is 17.0 Å². The summed E-state index contributed by atoms with van der Waals surface area (Å²) in [5.74, 6) is 0.0945. The van der Waals surface area contributed by atoms with Crippen LogP contribution in [0.2, 0.25) is 5.02 Å². The van der Waals surface area contributed by atoms with E-state index in [9.17, 15) is 5.11 Å². The first-order valence-electron chi connectivity index (χ1n) is 9.85. The van der Waals surface area contributed by atoms with Crippen molar-refractivity contribution in [3.63, 3.8) is 0 Å². The Morgan fingerprint density at radius 2 is 2.17 bits per heavy atom. The molecule has 0 aliphatic carbocycles. The highest BCUT2D eigenvalue weighted by molar-refractivity contribution is 6.31. The van der Waals surface area contributed by atoms with E-state index >= 15 is 0 Å². The quantitative estimate of drug-likeness (QED) is 0.620. The van der Waals surface area contributed by atoms with Crippen molar-refractivity contribution in [3.05, 3.63) is 34.9 Å². The topological polar surface area (TPSA) is 83.7 Å². The first-order chi connectivity index (χ1) is 14.1. The second-order valence-electron chi connectivity index (χ2n) is 7.27. The van der Waals surface area contributed by atoms with Gasteiger partial charge in [0.2, 0.25) is 5.65 Å². The average Bonchev–Trinajstić information content (AvgIpc) is 3.12. The summed E-state index contributed by atoms with van der Waals surface area (Å²) in [5, 5.41) is 14.3. The lowest BCUT2D eigenvalue weighted by Crippen LogP contribution is -2.41. The molecule has 1 fully saturated rings. The number of nitrogens with zero attached hydrogens (tertiary/aromatic N) is 3. The van der Waals surface area contributed by atoms with Crippen LogP contribution in [0.3, 0.4) is 0 Å². The molecule has 3 heterocycles. The van der Waals surface area contributed by atoms with Gasteiger partial charge in [0.15, 0.2) is 5.58 Å². The second kappa shape index (κ2) is 8.57. The predicted octanol–water partition coefficient (Wildman–Crippen LogP) is 4.29. The zero-order valence-corrected chi connectivity index (χ0v) is 17.4. The Bertz CT molecular complexity index is 1010. The largest absolute Gasteiger partial charge is 0.507 e. The fraction of sp³-hybridized carbons (Fsp3) is 0.429. The fourth-order valence-corrected chi connectivity index (χ4v) is 4.05. The number of phenolic OH excluding ortho intramolecular Hbond substituents is 1. The Balaban J connectivity index is 1.64. The Kier molecular flexibility index (Phi) is 5.89. The van der Waals surface area contributed by atoms with Gasteiger partial charge in [-0.2, -0.15) is 4.98 Å². The van der Waals surface area contributed by atoms with Gasteiger partial charge in [0.05, 0.1) is 12.3 Å². The van der Waals surface area contributed by atoms with Gasteiger partial charge >= 0.3 is 0 Å². The number of ether oxygens (including phenoxy) is 1. The third-order valence-electron chi connectivity index (χ3n) is 5.31. The highest BCUT2D eigenvalue weighted by atomic mass is 35.5. The highest BCUT2D eigenvalue weighted by Gasteiger charge is 2.21. The molecule has 7 nitrogen and oxygen atoms in total. The van der Waals surface area contributed by atoms with Gasteiger partial charge in [-0.15, -0.1) is 0 Å². The van der Waals surface area contributed by atoms with Crippen LogP contribution in [0, 0.1) is 0 Å². The second-order valence-corrected chi connectivity index (χ2v) is 7.67. The molecular formula is C21H25ClN4O3. The molecule has 1 aromatic carbocycles. The zero-order chi connectivity index (χ0) is 20.4. The zero-order valence-electron chi connectivity index (χ0n) is 16.6. The monoisotopic (exact) mass is 416 g/mol. The van der Waals surface area contributed by atoms with Crippen molar-refractivity contribution in [2.24, 2.45) is 0 Å². The van der Waals surface area contributed by atoms with Crippen LogP contribution >= 0.6 is 11.6 Å². The SMILES string of the molecule is CCN1CCC[C@@H](Nc2nc3nc(-c4c(O)ccc(Cl)c4COC)ccc3o2)C1. The lowest BCUT2D eigenvalue weighted by atomic mass is 10.0. The van der Waals surface area contributed by atoms with E-state index in [0.717, 1.165) is 32.5 Å². The molecule has 0 bridgehead atoms. The van der Waals surface area contributed by atoms with Gasteiger partial charge < -0.3 is 24.5 Å². The van der Waals surface area contributed by atoms with E-state index < -0.39 is 0 Å². The summed E-state index contributed by atoms with van der Waals surface area (Å²) < 4.78 is 11.1. The van der Waals surface area contributed by atoms with Crippen LogP contribution in [-0.4, -0.2) is 52.8 Å². The van der Waals surface area contributed by atoms with Gasteiger partial charge in [-0.3, -0.25) is 0 Å². The van der Waals surface area contributed by atoms with Crippen molar-refractivity contribution in [1.29, 1.82) is 0 Å². The number of pyridine rings is 1. The maximum Gasteiger partial charge on any atom is 0.297 e. The number of hydrogen-bond donors (Lipinski definition) is 2. The van der Waals surface area contributed by atoms with Crippen molar-refractivity contribution in [2.45, 2.75) is 32.4 Å². The fourth-order valence-electron chi connectivity index (χ4n) is 3.84. The number of halogens is 1. The molecule has 0 amide bonds. The van der Waals surface area contributed by atoms with E-state index in [-0.39, 0.29) is 12.4 Å². The minimum atomic E-state index is 0.0945. The lowest BCUT2D eigenvalue weighted by Gasteiger charge is -2.31. The Morgan fingerprint density at radius 3 is 2.97 bits per heavy atom. The predicted molar refractivity (Wildman–Crippen MR) is 113 cm³/mol. The Morgan fingerprint density at radius 1 is 1.31 bits per heavy atom. The molecule has 1 aliphatic heterocycles. The number of likely N-dealkylation sites (tertiary alicyclic amines) is 1. The number of likely N-dealkylation sites (N-methyl/N-ethyl adjacent to an activating group) is 1. The average molecular weight is 417 g/mol. The van der Waals surface area contributed by atoms with Gasteiger partial charge in [0, 0.05) is 35.8 Å². The third-order valence-corrected chi connectivity index (χ3v) is 5.67. The molecule has 2 aromatic heterocycles. The van der Waals surface area contributed by atoms with Gasteiger partial charge in [0.1, 0.15) is 5.75 Å². The number of piperidine rings is 1. The first-order valence-corrected chi connectivity index (χ1v) is 10.2. The molecule has 4 rings (SSSR count). The summed E-state index contributed by atoms with van der Waals surface area (Å²) in [6.45, 7) is 5.61. The van der Waals surface area contributed by atoms with Gasteiger partial charge in [0.25, 0.3) is 6.01 Å². The minimum Gasteiger partial charge on any atom is -0.507 e. The number of benzene rings is 1. The highest BCUT2D eigenvalue weighted by Crippen LogP contribution is 2.37. The molecule has 2 N–H and O–H groups in total. The number of aromatic nitrogens is 2. The molecule has 154 valence electrons. The summed E-state index contributed by atoms with van der Waals surface area (Å²) in [6, 6.07) is 7.59. The summed E-state index contributed by atoms with van der Waals surface area (Å²) in [4.78, 5) is 11.5. The number of fused-ring (bicyclic) bond motifs is 1. The van der Waals surface area contributed by atoms with E-state index in [1.54, 1.807) is 25.3 Å². The maximum absolute atomic E-state index is 10.4. The Hall–Kier alpha value is -2.35. The van der Waals surface area contributed by atoms with Crippen LogP contribution in [0.5, 0.6) is 5.75 Å². The number of rotatable bonds is 6.